The number of benzene rings is 7. The van der Waals surface area contributed by atoms with Crippen molar-refractivity contribution >= 4 is 47.6 Å². The van der Waals surface area contributed by atoms with Crippen LogP contribution < -0.4 is 0 Å². The monoisotopic (exact) mass is 1070 g/mol. The summed E-state index contributed by atoms with van der Waals surface area (Å²) in [4.78, 5) is 84.6. The number of hydrogen-bond acceptors (Lipinski definition) is 17. The van der Waals surface area contributed by atoms with Crippen LogP contribution in [0.15, 0.2) is 211 Å². The Morgan fingerprint density at radius 3 is 1.10 bits per heavy atom. The summed E-state index contributed by atoms with van der Waals surface area (Å²) in [6.45, 7) is 0.703. The lowest BCUT2D eigenvalue weighted by atomic mass is 9.96. The Labute approximate surface area is 453 Å². The lowest BCUT2D eigenvalue weighted by molar-refractivity contribution is -0.332. The van der Waals surface area contributed by atoms with E-state index in [1.807, 2.05) is 31.2 Å². The quantitative estimate of drug-likeness (QED) is 0.0629. The molecule has 0 radical (unpaired) electrons. The summed E-state index contributed by atoms with van der Waals surface area (Å²) in [5.74, 6) is -5.14. The Balaban J connectivity index is 1.15. The number of thioether (sulfide) groups is 1. The summed E-state index contributed by atoms with van der Waals surface area (Å²) < 4.78 is 56.7. The number of carbonyl (C=O) groups excluding carboxylic acids is 6. The van der Waals surface area contributed by atoms with Gasteiger partial charge in [0.2, 0.25) is 0 Å². The minimum absolute atomic E-state index is 0.0686. The maximum absolute atomic E-state index is 14.5. The molecule has 7 aromatic rings. The van der Waals surface area contributed by atoms with Crippen LogP contribution in [0.1, 0.15) is 67.7 Å². The Kier molecular flexibility index (Phi) is 18.2. The van der Waals surface area contributed by atoms with Crippen molar-refractivity contribution in [3.05, 3.63) is 245 Å². The third kappa shape index (κ3) is 13.7. The van der Waals surface area contributed by atoms with Gasteiger partial charge >= 0.3 is 35.8 Å². The van der Waals surface area contributed by atoms with Gasteiger partial charge in [-0.25, -0.2) is 28.8 Å². The first-order valence-corrected chi connectivity index (χ1v) is 25.7. The molecule has 0 amide bonds. The van der Waals surface area contributed by atoms with Gasteiger partial charge in [-0.15, -0.1) is 0 Å². The van der Waals surface area contributed by atoms with Crippen LogP contribution >= 0.6 is 11.8 Å². The van der Waals surface area contributed by atoms with Crippen molar-refractivity contribution in [2.45, 2.75) is 72.4 Å². The van der Waals surface area contributed by atoms with E-state index < -0.39 is 110 Å². The number of carbonyl (C=O) groups is 6. The fourth-order valence-corrected chi connectivity index (χ4v) is 9.66. The molecule has 7 aromatic carbocycles. The van der Waals surface area contributed by atoms with Gasteiger partial charge in [-0.1, -0.05) is 139 Å². The van der Waals surface area contributed by atoms with Crippen molar-refractivity contribution in [3.63, 3.8) is 0 Å². The third-order valence-electron chi connectivity index (χ3n) is 12.6. The second-order valence-corrected chi connectivity index (χ2v) is 19.2. The van der Waals surface area contributed by atoms with Gasteiger partial charge in [-0.3, -0.25) is 0 Å². The highest BCUT2D eigenvalue weighted by atomic mass is 32.2. The summed E-state index contributed by atoms with van der Waals surface area (Å²) >= 11 is 1.10. The van der Waals surface area contributed by atoms with Gasteiger partial charge in [-0.05, 0) is 91.9 Å². The van der Waals surface area contributed by atoms with Gasteiger partial charge in [0.05, 0.1) is 33.4 Å². The highest BCUT2D eigenvalue weighted by Gasteiger charge is 2.57. The molecule has 0 aliphatic carbocycles. The minimum Gasteiger partial charge on any atom is -0.459 e. The number of hydrogen-bond donors (Lipinski definition) is 1. The van der Waals surface area contributed by atoms with Crippen LogP contribution in [0.5, 0.6) is 0 Å². The highest BCUT2D eigenvalue weighted by molar-refractivity contribution is 7.99. The molecule has 2 aliphatic heterocycles. The Bertz CT molecular complexity index is 3120. The predicted molar refractivity (Wildman–Crippen MR) is 281 cm³/mol. The molecule has 1 N–H and O–H groups in total. The Morgan fingerprint density at radius 1 is 0.397 bits per heavy atom. The fraction of sp³-hybridized carbons (Fsp3) is 0.213. The first-order valence-electron chi connectivity index (χ1n) is 24.9. The van der Waals surface area contributed by atoms with Gasteiger partial charge in [0, 0.05) is 4.90 Å². The zero-order chi connectivity index (χ0) is 54.4. The van der Waals surface area contributed by atoms with Gasteiger partial charge in [0.25, 0.3) is 0 Å². The van der Waals surface area contributed by atoms with Crippen molar-refractivity contribution in [2.24, 2.45) is 0 Å². The van der Waals surface area contributed by atoms with Gasteiger partial charge in [0.1, 0.15) is 43.1 Å². The van der Waals surface area contributed by atoms with Crippen LogP contribution in [-0.4, -0.2) is 115 Å². The highest BCUT2D eigenvalue weighted by Crippen LogP contribution is 2.41. The molecule has 2 aliphatic rings. The third-order valence-corrected chi connectivity index (χ3v) is 13.7. The van der Waals surface area contributed by atoms with Crippen molar-refractivity contribution in [2.75, 3.05) is 13.2 Å². The molecule has 2 fully saturated rings. The molecule has 0 bridgehead atoms. The van der Waals surface area contributed by atoms with E-state index in [0.29, 0.717) is 4.90 Å². The first-order chi connectivity index (χ1) is 38.0. The average molecular weight is 1070 g/mol. The fourth-order valence-electron chi connectivity index (χ4n) is 8.55. The Morgan fingerprint density at radius 2 is 0.718 bits per heavy atom. The zero-order valence-electron chi connectivity index (χ0n) is 41.8. The molecular formula is C61H52O16S. The lowest BCUT2D eigenvalue weighted by Crippen LogP contribution is -2.66. The summed E-state index contributed by atoms with van der Waals surface area (Å²) in [7, 11) is 0. The topological polar surface area (TPSA) is 206 Å². The zero-order valence-corrected chi connectivity index (χ0v) is 42.6. The molecule has 2 heterocycles. The molecule has 398 valence electrons. The summed E-state index contributed by atoms with van der Waals surface area (Å²) in [5, 5.41) is 12.7. The SMILES string of the molecule is Cc1ccc(S[C@H]2O[C@H](COC(=O)c3ccccc3)[C@@H](OC(=O)c3ccccc3)[C@H](OC(=O)c3ccccc3)[C@@H]2O[C@H]2O[C@H](COC(=O)c3ccccc3)[C@@H](OC(=O)c3ccccc3)[C@H](OC(=O)c3ccccc3)[C@@H]2O)cc1. The van der Waals surface area contributed by atoms with Crippen molar-refractivity contribution in [1.29, 1.82) is 0 Å². The van der Waals surface area contributed by atoms with E-state index in [1.54, 1.807) is 121 Å². The van der Waals surface area contributed by atoms with Gasteiger partial charge in [-0.2, -0.15) is 0 Å². The number of aliphatic hydroxyl groups excluding tert-OH is 1. The second-order valence-electron chi connectivity index (χ2n) is 18.0. The number of ether oxygens (including phenoxy) is 9. The average Bonchev–Trinajstić information content (AvgIpc) is 3.58. The second kappa shape index (κ2) is 26.1. The smallest absolute Gasteiger partial charge is 0.338 e. The molecule has 2 saturated heterocycles. The lowest BCUT2D eigenvalue weighted by Gasteiger charge is -2.48. The number of rotatable bonds is 18. The number of aliphatic hydroxyl groups is 1. The number of esters is 6. The van der Waals surface area contributed by atoms with Crippen molar-refractivity contribution < 1.29 is 76.5 Å². The standard InChI is InChI=1S/C61H52O16S/c1-38-32-34-45(35-33-38)78-61-53(52(76-59(68)44-30-18-7-19-31-44)50(74-57(66)42-26-14-5-15-27-42)47(72-61)37-70-55(64)40-22-10-3-11-23-40)77-60-48(62)51(75-58(67)43-28-16-6-17-29-43)49(73-56(65)41-24-12-4-13-25-41)46(71-60)36-69-54(63)39-20-8-2-9-21-39/h2-35,46-53,60-62H,36-37H2,1H3/t46-,47-,48+,49-,50-,51-,52+,53+,60-,61-/m1/s1. The molecule has 0 unspecified atom stereocenters. The maximum atomic E-state index is 14.5. The molecule has 0 saturated carbocycles. The van der Waals surface area contributed by atoms with E-state index in [4.69, 9.17) is 42.6 Å². The maximum Gasteiger partial charge on any atom is 0.338 e. The molecule has 16 nitrogen and oxygen atoms in total. The van der Waals surface area contributed by atoms with Crippen LogP contribution in [0, 0.1) is 6.92 Å². The van der Waals surface area contributed by atoms with Gasteiger partial charge < -0.3 is 47.7 Å². The van der Waals surface area contributed by atoms with Crippen LogP contribution in [0.25, 0.3) is 0 Å². The van der Waals surface area contributed by atoms with E-state index in [2.05, 4.69) is 0 Å². The van der Waals surface area contributed by atoms with Gasteiger partial charge in [0.15, 0.2) is 30.7 Å². The molecule has 17 heteroatoms. The molecular weight excluding hydrogens is 1020 g/mol. The van der Waals surface area contributed by atoms with E-state index in [-0.39, 0.29) is 33.4 Å². The molecule has 10 atom stereocenters. The summed E-state index contributed by atoms with van der Waals surface area (Å²) in [6.07, 6.45) is -15.3. The number of aryl methyl sites for hydroxylation is 1. The predicted octanol–water partition coefficient (Wildman–Crippen LogP) is 8.90. The van der Waals surface area contributed by atoms with E-state index in [1.165, 1.54) is 60.7 Å². The minimum atomic E-state index is -2.04. The van der Waals surface area contributed by atoms with Crippen LogP contribution in [0.4, 0.5) is 0 Å². The largest absolute Gasteiger partial charge is 0.459 e. The summed E-state index contributed by atoms with van der Waals surface area (Å²) in [5.41, 5.74) is 0.389. The normalized spacial score (nSPS) is 22.6. The van der Waals surface area contributed by atoms with E-state index in [0.717, 1.165) is 17.3 Å². The van der Waals surface area contributed by atoms with Crippen molar-refractivity contribution in [1.82, 2.24) is 0 Å². The first kappa shape index (κ1) is 54.3. The van der Waals surface area contributed by atoms with Crippen molar-refractivity contribution in [3.8, 4) is 0 Å². The Hall–Kier alpha value is -8.45. The van der Waals surface area contributed by atoms with Crippen LogP contribution in [0.3, 0.4) is 0 Å². The molecule has 78 heavy (non-hydrogen) atoms. The van der Waals surface area contributed by atoms with Crippen LogP contribution in [0.2, 0.25) is 0 Å². The molecule has 0 spiro atoms. The summed E-state index contributed by atoms with van der Waals surface area (Å²) in [6, 6.07) is 55.3. The van der Waals surface area contributed by atoms with Crippen LogP contribution in [-0.2, 0) is 42.6 Å². The molecule has 0 aromatic heterocycles. The van der Waals surface area contributed by atoms with E-state index >= 15 is 0 Å². The molecule has 9 rings (SSSR count). The van der Waals surface area contributed by atoms with E-state index in [9.17, 15) is 33.9 Å².